The molecular formula is C27H39N3O8S. The molecule has 1 aliphatic rings. The van der Waals surface area contributed by atoms with E-state index in [0.717, 1.165) is 41.9 Å². The number of hydrogen-bond donors (Lipinski definition) is 2. The minimum atomic E-state index is -0.730. The molecule has 216 valence electrons. The van der Waals surface area contributed by atoms with Crippen LogP contribution in [0.4, 0.5) is 0 Å². The third-order valence-electron chi connectivity index (χ3n) is 5.48. The highest BCUT2D eigenvalue weighted by Crippen LogP contribution is 2.26. The molecule has 1 aliphatic carbocycles. The first-order valence-corrected chi connectivity index (χ1v) is 13.5. The second kappa shape index (κ2) is 16.9. The SMILES string of the molecule is CCCC(=O)N(C=O)OC(=O)CCOCCOCCOc1ccc2c(c1)CCC/C2=N\NC(=O)CC(C)(C)S. The third-order valence-corrected chi connectivity index (χ3v) is 5.64. The molecule has 0 fully saturated rings. The summed E-state index contributed by atoms with van der Waals surface area (Å²) in [6.45, 7) is 6.91. The second-order valence-electron chi connectivity index (χ2n) is 9.62. The van der Waals surface area contributed by atoms with E-state index in [9.17, 15) is 19.2 Å². The molecule has 1 N–H and O–H groups in total. The average molecular weight is 566 g/mol. The highest BCUT2D eigenvalue weighted by Gasteiger charge is 2.20. The number of nitrogens with zero attached hydrogens (tertiary/aromatic N) is 2. The van der Waals surface area contributed by atoms with Gasteiger partial charge in [0.15, 0.2) is 0 Å². The van der Waals surface area contributed by atoms with Crippen molar-refractivity contribution in [2.24, 2.45) is 5.10 Å². The van der Waals surface area contributed by atoms with Crippen LogP contribution in [-0.2, 0) is 39.9 Å². The number of thiol groups is 1. The van der Waals surface area contributed by atoms with E-state index in [2.05, 4.69) is 23.2 Å². The van der Waals surface area contributed by atoms with Gasteiger partial charge in [-0.3, -0.25) is 14.4 Å². The molecule has 0 bridgehead atoms. The molecule has 1 aromatic rings. The van der Waals surface area contributed by atoms with Crippen LogP contribution >= 0.6 is 12.6 Å². The van der Waals surface area contributed by atoms with Gasteiger partial charge in [0, 0.05) is 23.2 Å². The summed E-state index contributed by atoms with van der Waals surface area (Å²) in [5.41, 5.74) is 5.65. The van der Waals surface area contributed by atoms with Gasteiger partial charge in [0.1, 0.15) is 12.4 Å². The Kier molecular flexibility index (Phi) is 14.0. The van der Waals surface area contributed by atoms with Crippen LogP contribution in [0.25, 0.3) is 0 Å². The van der Waals surface area contributed by atoms with Crippen LogP contribution in [0.1, 0.15) is 70.4 Å². The van der Waals surface area contributed by atoms with E-state index < -0.39 is 16.6 Å². The molecule has 0 radical (unpaired) electrons. The van der Waals surface area contributed by atoms with Crippen molar-refractivity contribution >= 4 is 42.5 Å². The molecule has 0 saturated heterocycles. The number of fused-ring (bicyclic) bond motifs is 1. The van der Waals surface area contributed by atoms with Crippen molar-refractivity contribution in [1.82, 2.24) is 10.5 Å². The minimum absolute atomic E-state index is 0.0740. The number of amides is 3. The van der Waals surface area contributed by atoms with Gasteiger partial charge < -0.3 is 19.0 Å². The number of hydrogen-bond acceptors (Lipinski definition) is 10. The summed E-state index contributed by atoms with van der Waals surface area (Å²) in [4.78, 5) is 51.0. The number of hydroxylamine groups is 2. The number of nitrogens with one attached hydrogen (secondary N) is 1. The maximum absolute atomic E-state index is 12.1. The molecule has 0 heterocycles. The number of imide groups is 1. The summed E-state index contributed by atoms with van der Waals surface area (Å²) in [5, 5.41) is 4.76. The average Bonchev–Trinajstić information content (AvgIpc) is 2.88. The lowest BCUT2D eigenvalue weighted by Crippen LogP contribution is -2.32. The van der Waals surface area contributed by atoms with Gasteiger partial charge in [0.25, 0.3) is 12.3 Å². The number of aryl methyl sites for hydroxylation is 1. The molecule has 0 atom stereocenters. The van der Waals surface area contributed by atoms with Crippen LogP contribution in [0.3, 0.4) is 0 Å². The van der Waals surface area contributed by atoms with Gasteiger partial charge in [-0.1, -0.05) is 20.8 Å². The molecule has 0 saturated carbocycles. The molecule has 2 rings (SSSR count). The predicted octanol–water partition coefficient (Wildman–Crippen LogP) is 2.99. The lowest BCUT2D eigenvalue weighted by atomic mass is 9.90. The Morgan fingerprint density at radius 3 is 2.49 bits per heavy atom. The lowest BCUT2D eigenvalue weighted by molar-refractivity contribution is -0.197. The van der Waals surface area contributed by atoms with E-state index >= 15 is 0 Å². The molecule has 0 unspecified atom stereocenters. The summed E-state index contributed by atoms with van der Waals surface area (Å²) >= 11 is 4.39. The monoisotopic (exact) mass is 565 g/mol. The second-order valence-corrected chi connectivity index (χ2v) is 10.8. The maximum Gasteiger partial charge on any atom is 0.335 e. The van der Waals surface area contributed by atoms with Gasteiger partial charge in [-0.15, -0.1) is 5.06 Å². The van der Waals surface area contributed by atoms with Crippen molar-refractivity contribution < 1.29 is 38.2 Å². The fraction of sp³-hybridized carbons (Fsp3) is 0.593. The number of carbonyl (C=O) groups excluding carboxylic acids is 4. The highest BCUT2D eigenvalue weighted by molar-refractivity contribution is 7.81. The van der Waals surface area contributed by atoms with Gasteiger partial charge in [0.05, 0.1) is 38.6 Å². The highest BCUT2D eigenvalue weighted by atomic mass is 32.1. The Hall–Kier alpha value is -2.96. The van der Waals surface area contributed by atoms with Crippen molar-refractivity contribution in [3.05, 3.63) is 29.3 Å². The largest absolute Gasteiger partial charge is 0.491 e. The summed E-state index contributed by atoms with van der Waals surface area (Å²) in [7, 11) is 0. The third kappa shape index (κ3) is 12.6. The first-order valence-electron chi connectivity index (χ1n) is 13.1. The summed E-state index contributed by atoms with van der Waals surface area (Å²) in [6, 6.07) is 5.83. The van der Waals surface area contributed by atoms with Crippen LogP contribution in [0.2, 0.25) is 0 Å². The Balaban J connectivity index is 1.63. The van der Waals surface area contributed by atoms with Crippen LogP contribution in [-0.4, -0.2) is 72.8 Å². The summed E-state index contributed by atoms with van der Waals surface area (Å²) in [6.07, 6.45) is 3.65. The van der Waals surface area contributed by atoms with Crippen molar-refractivity contribution in [3.63, 3.8) is 0 Å². The van der Waals surface area contributed by atoms with Gasteiger partial charge in [0.2, 0.25) is 5.91 Å². The Morgan fingerprint density at radius 1 is 1.08 bits per heavy atom. The zero-order chi connectivity index (χ0) is 28.7. The molecule has 1 aromatic carbocycles. The number of hydrazone groups is 1. The first kappa shape index (κ1) is 32.3. The fourth-order valence-electron chi connectivity index (χ4n) is 3.71. The fourth-order valence-corrected chi connectivity index (χ4v) is 3.86. The number of carbonyl (C=O) groups is 4. The molecule has 3 amide bonds. The lowest BCUT2D eigenvalue weighted by Gasteiger charge is -2.20. The van der Waals surface area contributed by atoms with E-state index in [1.807, 2.05) is 32.0 Å². The molecule has 0 aliphatic heterocycles. The van der Waals surface area contributed by atoms with Crippen molar-refractivity contribution in [2.45, 2.75) is 70.5 Å². The van der Waals surface area contributed by atoms with E-state index in [-0.39, 0.29) is 44.8 Å². The first-order chi connectivity index (χ1) is 18.6. The molecule has 11 nitrogen and oxygen atoms in total. The standard InChI is InChI=1S/C27H39N3O8S/c1-4-6-25(33)30(19-31)38-26(34)11-12-35-13-14-36-15-16-37-21-9-10-22-20(17-21)7-5-8-23(22)28-29-24(32)18-27(2,3)39/h9-10,17,19,39H,4-8,11-16,18H2,1-3H3,(H,29,32)/b28-23+. The quantitative estimate of drug-likeness (QED) is 0.135. The van der Waals surface area contributed by atoms with E-state index in [1.165, 1.54) is 0 Å². The Bertz CT molecular complexity index is 1010. The summed E-state index contributed by atoms with van der Waals surface area (Å²) < 4.78 is 16.2. The van der Waals surface area contributed by atoms with Crippen LogP contribution in [0.5, 0.6) is 5.75 Å². The zero-order valence-corrected chi connectivity index (χ0v) is 23.8. The summed E-state index contributed by atoms with van der Waals surface area (Å²) in [5.74, 6) is -0.729. The van der Waals surface area contributed by atoms with Crippen LogP contribution in [0.15, 0.2) is 23.3 Å². The Labute approximate surface area is 234 Å². The molecule has 39 heavy (non-hydrogen) atoms. The van der Waals surface area contributed by atoms with E-state index in [4.69, 9.17) is 19.0 Å². The number of rotatable bonds is 16. The minimum Gasteiger partial charge on any atom is -0.491 e. The van der Waals surface area contributed by atoms with Crippen LogP contribution in [0, 0.1) is 0 Å². The predicted molar refractivity (Wildman–Crippen MR) is 147 cm³/mol. The van der Waals surface area contributed by atoms with Gasteiger partial charge in [-0.2, -0.15) is 17.7 Å². The molecule has 0 spiro atoms. The zero-order valence-electron chi connectivity index (χ0n) is 22.9. The van der Waals surface area contributed by atoms with Crippen molar-refractivity contribution in [3.8, 4) is 5.75 Å². The normalized spacial score (nSPS) is 13.9. The topological polar surface area (TPSA) is 133 Å². The van der Waals surface area contributed by atoms with E-state index in [1.54, 1.807) is 6.92 Å². The van der Waals surface area contributed by atoms with Crippen molar-refractivity contribution in [1.29, 1.82) is 0 Å². The van der Waals surface area contributed by atoms with Crippen LogP contribution < -0.4 is 10.2 Å². The number of benzene rings is 1. The van der Waals surface area contributed by atoms with Gasteiger partial charge in [-0.25, -0.2) is 10.2 Å². The maximum atomic E-state index is 12.1. The van der Waals surface area contributed by atoms with Gasteiger partial charge in [-0.05, 0) is 49.4 Å². The van der Waals surface area contributed by atoms with Gasteiger partial charge >= 0.3 is 5.97 Å². The molecule has 0 aromatic heterocycles. The number of ether oxygens (including phenoxy) is 3. The molecular weight excluding hydrogens is 526 g/mol. The van der Waals surface area contributed by atoms with E-state index in [0.29, 0.717) is 31.3 Å². The smallest absolute Gasteiger partial charge is 0.335 e. The van der Waals surface area contributed by atoms with Crippen molar-refractivity contribution in [2.75, 3.05) is 33.0 Å². The molecule has 12 heteroatoms. The Morgan fingerprint density at radius 2 is 1.79 bits per heavy atom.